The van der Waals surface area contributed by atoms with E-state index in [2.05, 4.69) is 55.1 Å². The lowest BCUT2D eigenvalue weighted by molar-refractivity contribution is -0.141. The summed E-state index contributed by atoms with van der Waals surface area (Å²) in [6.07, 6.45) is 1.47. The normalized spacial score (nSPS) is 26.9. The van der Waals surface area contributed by atoms with Gasteiger partial charge in [-0.3, -0.25) is 9.59 Å². The van der Waals surface area contributed by atoms with Gasteiger partial charge in [0.25, 0.3) is 0 Å². The van der Waals surface area contributed by atoms with E-state index in [-0.39, 0.29) is 40.7 Å². The molecule has 1 N–H and O–H groups in total. The molecule has 4 atom stereocenters. The van der Waals surface area contributed by atoms with Crippen LogP contribution in [-0.2, 0) is 15.6 Å². The quantitative estimate of drug-likeness (QED) is 0.531. The molecule has 1 fully saturated rings. The van der Waals surface area contributed by atoms with Gasteiger partial charge in [0.1, 0.15) is 0 Å². The van der Waals surface area contributed by atoms with Crippen molar-refractivity contribution in [2.45, 2.75) is 70.8 Å². The SMILES string of the molecule is C[C@@H](O[Si](C)(C)C(C)(C)C)[C@H]1C(=O)N[C@@H]1[C@@H]1CCc2ccc(Br)cc2C1=O. The minimum absolute atomic E-state index is 0.0130. The average molecular weight is 452 g/mol. The second-order valence-corrected chi connectivity index (χ2v) is 15.1. The first-order valence-electron chi connectivity index (χ1n) is 9.73. The highest BCUT2D eigenvalue weighted by atomic mass is 79.9. The van der Waals surface area contributed by atoms with E-state index in [1.165, 1.54) is 0 Å². The molecule has 1 saturated heterocycles. The monoisotopic (exact) mass is 451 g/mol. The number of hydrogen-bond donors (Lipinski definition) is 1. The van der Waals surface area contributed by atoms with Crippen molar-refractivity contribution in [1.82, 2.24) is 5.32 Å². The Hall–Kier alpha value is -0.983. The van der Waals surface area contributed by atoms with Crippen molar-refractivity contribution in [2.75, 3.05) is 0 Å². The summed E-state index contributed by atoms with van der Waals surface area (Å²) in [5.74, 6) is -0.257. The van der Waals surface area contributed by atoms with Gasteiger partial charge in [0, 0.05) is 16.0 Å². The lowest BCUT2D eigenvalue weighted by atomic mass is 9.70. The minimum atomic E-state index is -1.98. The standard InChI is InChI=1S/C21H30BrNO3Si/c1-12(26-27(5,6)21(2,3)4)17-18(23-20(17)25)15-10-8-13-7-9-14(22)11-16(13)19(15)24/h7,9,11-12,15,17-18H,8,10H2,1-6H3,(H,23,25)/t12-,15+,17-,18-/m1/s1. The highest BCUT2D eigenvalue weighted by molar-refractivity contribution is 9.10. The van der Waals surface area contributed by atoms with Crippen LogP contribution in [0, 0.1) is 11.8 Å². The largest absolute Gasteiger partial charge is 0.413 e. The number of nitrogens with one attached hydrogen (secondary N) is 1. The van der Waals surface area contributed by atoms with Crippen LogP contribution in [-0.4, -0.2) is 32.2 Å². The molecule has 0 bridgehead atoms. The molecule has 1 aromatic rings. The molecule has 1 aliphatic carbocycles. The van der Waals surface area contributed by atoms with Crippen LogP contribution >= 0.6 is 15.9 Å². The average Bonchev–Trinajstić information content (AvgIpc) is 2.52. The summed E-state index contributed by atoms with van der Waals surface area (Å²) in [6, 6.07) is 5.79. The van der Waals surface area contributed by atoms with Crippen LogP contribution in [0.15, 0.2) is 22.7 Å². The van der Waals surface area contributed by atoms with E-state index in [1.54, 1.807) is 0 Å². The third-order valence-electron chi connectivity index (χ3n) is 6.62. The lowest BCUT2D eigenvalue weighted by Gasteiger charge is -2.48. The maximum Gasteiger partial charge on any atom is 0.228 e. The van der Waals surface area contributed by atoms with Gasteiger partial charge in [-0.05, 0) is 55.6 Å². The molecule has 0 radical (unpaired) electrons. The molecule has 1 heterocycles. The second-order valence-electron chi connectivity index (χ2n) is 9.45. The van der Waals surface area contributed by atoms with E-state index in [0.717, 1.165) is 28.4 Å². The summed E-state index contributed by atoms with van der Waals surface area (Å²) in [5.41, 5.74) is 1.89. The number of carbonyl (C=O) groups excluding carboxylic acids is 2. The predicted octanol–water partition coefficient (Wildman–Crippen LogP) is 4.72. The Bertz CT molecular complexity index is 771. The summed E-state index contributed by atoms with van der Waals surface area (Å²) < 4.78 is 7.40. The molecule has 2 aliphatic rings. The molecule has 0 aromatic heterocycles. The molecular formula is C21H30BrNO3Si. The third kappa shape index (κ3) is 3.81. The number of hydrogen-bond acceptors (Lipinski definition) is 3. The number of benzene rings is 1. The van der Waals surface area contributed by atoms with Crippen molar-refractivity contribution in [2.24, 2.45) is 11.8 Å². The van der Waals surface area contributed by atoms with Crippen molar-refractivity contribution >= 4 is 35.9 Å². The molecule has 6 heteroatoms. The van der Waals surface area contributed by atoms with Gasteiger partial charge in [0.15, 0.2) is 14.1 Å². The third-order valence-corrected chi connectivity index (χ3v) is 11.7. The van der Waals surface area contributed by atoms with Crippen LogP contribution in [0.3, 0.4) is 0 Å². The first-order valence-corrected chi connectivity index (χ1v) is 13.4. The van der Waals surface area contributed by atoms with Gasteiger partial charge in [0.05, 0.1) is 18.1 Å². The summed E-state index contributed by atoms with van der Waals surface area (Å²) in [6.45, 7) is 13.0. The molecule has 0 saturated carbocycles. The molecule has 0 unspecified atom stereocenters. The van der Waals surface area contributed by atoms with E-state index in [1.807, 2.05) is 25.1 Å². The first kappa shape index (κ1) is 20.7. The predicted molar refractivity (Wildman–Crippen MR) is 113 cm³/mol. The summed E-state index contributed by atoms with van der Waals surface area (Å²) in [5, 5.41) is 3.09. The lowest BCUT2D eigenvalue weighted by Crippen LogP contribution is -2.67. The smallest absolute Gasteiger partial charge is 0.228 e. The molecule has 148 valence electrons. The number of amides is 1. The Morgan fingerprint density at radius 1 is 1.26 bits per heavy atom. The topological polar surface area (TPSA) is 55.4 Å². The van der Waals surface area contributed by atoms with Crippen LogP contribution in [0.1, 0.15) is 50.0 Å². The fourth-order valence-corrected chi connectivity index (χ4v) is 5.76. The molecule has 1 amide bonds. The van der Waals surface area contributed by atoms with Gasteiger partial charge in [-0.2, -0.15) is 0 Å². The van der Waals surface area contributed by atoms with Crippen molar-refractivity contribution in [3.05, 3.63) is 33.8 Å². The Labute approximate surface area is 171 Å². The van der Waals surface area contributed by atoms with Crippen LogP contribution in [0.2, 0.25) is 18.1 Å². The van der Waals surface area contributed by atoms with E-state index < -0.39 is 8.32 Å². The zero-order valence-corrected chi connectivity index (χ0v) is 19.6. The van der Waals surface area contributed by atoms with Crippen LogP contribution < -0.4 is 5.32 Å². The summed E-state index contributed by atoms with van der Waals surface area (Å²) in [4.78, 5) is 25.5. The van der Waals surface area contributed by atoms with E-state index >= 15 is 0 Å². The van der Waals surface area contributed by atoms with Crippen LogP contribution in [0.5, 0.6) is 0 Å². The molecule has 3 rings (SSSR count). The number of halogens is 1. The van der Waals surface area contributed by atoms with Gasteiger partial charge in [-0.1, -0.05) is 42.8 Å². The number of carbonyl (C=O) groups is 2. The van der Waals surface area contributed by atoms with Crippen molar-refractivity contribution in [3.63, 3.8) is 0 Å². The van der Waals surface area contributed by atoms with Gasteiger partial charge in [0.2, 0.25) is 5.91 Å². The Morgan fingerprint density at radius 2 is 1.93 bits per heavy atom. The Balaban J connectivity index is 1.78. The summed E-state index contributed by atoms with van der Waals surface area (Å²) >= 11 is 3.46. The molecule has 4 nitrogen and oxygen atoms in total. The molecule has 1 aromatic carbocycles. The fraction of sp³-hybridized carbons (Fsp3) is 0.619. The fourth-order valence-electron chi connectivity index (χ4n) is 3.97. The van der Waals surface area contributed by atoms with Crippen molar-refractivity contribution in [1.29, 1.82) is 0 Å². The molecular weight excluding hydrogens is 422 g/mol. The van der Waals surface area contributed by atoms with Crippen molar-refractivity contribution < 1.29 is 14.0 Å². The zero-order chi connectivity index (χ0) is 20.1. The van der Waals surface area contributed by atoms with Gasteiger partial charge in [-0.15, -0.1) is 0 Å². The maximum atomic E-state index is 13.1. The number of aryl methyl sites for hydroxylation is 1. The molecule has 27 heavy (non-hydrogen) atoms. The summed E-state index contributed by atoms with van der Waals surface area (Å²) in [7, 11) is -1.98. The molecule has 0 spiro atoms. The van der Waals surface area contributed by atoms with Gasteiger partial charge < -0.3 is 9.74 Å². The highest BCUT2D eigenvalue weighted by Gasteiger charge is 2.52. The van der Waals surface area contributed by atoms with E-state index in [9.17, 15) is 9.59 Å². The van der Waals surface area contributed by atoms with Crippen LogP contribution in [0.4, 0.5) is 0 Å². The van der Waals surface area contributed by atoms with E-state index in [4.69, 9.17) is 4.43 Å². The zero-order valence-electron chi connectivity index (χ0n) is 17.1. The Morgan fingerprint density at radius 3 is 2.52 bits per heavy atom. The first-order chi connectivity index (χ1) is 12.4. The minimum Gasteiger partial charge on any atom is -0.413 e. The van der Waals surface area contributed by atoms with Gasteiger partial charge >= 0.3 is 0 Å². The van der Waals surface area contributed by atoms with Crippen molar-refractivity contribution in [3.8, 4) is 0 Å². The molecule has 1 aliphatic heterocycles. The number of rotatable bonds is 4. The van der Waals surface area contributed by atoms with Crippen LogP contribution in [0.25, 0.3) is 0 Å². The second kappa shape index (κ2) is 7.12. The number of ketones is 1. The highest BCUT2D eigenvalue weighted by Crippen LogP contribution is 2.41. The number of fused-ring (bicyclic) bond motifs is 1. The maximum absolute atomic E-state index is 13.1. The Kier molecular flexibility index (Phi) is 5.47. The van der Waals surface area contributed by atoms with E-state index in [0.29, 0.717) is 0 Å². The van der Waals surface area contributed by atoms with Gasteiger partial charge in [-0.25, -0.2) is 0 Å². The number of Topliss-reactive ketones (excluding diaryl/α,β-unsaturated/α-hetero) is 1. The number of β-lactam (4-membered cyclic amide) rings is 1.